The molecular weight excluding hydrogens is 332 g/mol. The first-order chi connectivity index (χ1) is 12.1. The van der Waals surface area contributed by atoms with Crippen molar-refractivity contribution >= 4 is 27.4 Å². The first-order valence-electron chi connectivity index (χ1n) is 8.02. The van der Waals surface area contributed by atoms with E-state index in [1.165, 1.54) is 16.8 Å². The quantitative estimate of drug-likeness (QED) is 0.560. The summed E-state index contributed by atoms with van der Waals surface area (Å²) >= 11 is 1.70. The molecule has 0 aliphatic rings. The predicted octanol–water partition coefficient (Wildman–Crippen LogP) is 3.78. The zero-order chi connectivity index (χ0) is 17.4. The molecule has 4 rings (SSSR count). The van der Waals surface area contributed by atoms with Gasteiger partial charge >= 0.3 is 0 Å². The Morgan fingerprint density at radius 3 is 2.64 bits per heavy atom. The molecule has 25 heavy (non-hydrogen) atoms. The molecule has 7 heteroatoms. The van der Waals surface area contributed by atoms with Gasteiger partial charge in [0.25, 0.3) is 0 Å². The topological polar surface area (TPSA) is 59.7 Å². The van der Waals surface area contributed by atoms with Gasteiger partial charge in [-0.05, 0) is 37.6 Å². The summed E-state index contributed by atoms with van der Waals surface area (Å²) in [4.78, 5) is 17.4. The fourth-order valence-electron chi connectivity index (χ4n) is 2.90. The summed E-state index contributed by atoms with van der Waals surface area (Å²) in [6.45, 7) is 4.28. The number of rotatable bonds is 4. The van der Waals surface area contributed by atoms with Crippen LogP contribution < -0.4 is 4.90 Å². The lowest BCUT2D eigenvalue weighted by molar-refractivity contribution is 0.730. The molecule has 0 fully saturated rings. The lowest BCUT2D eigenvalue weighted by Crippen LogP contribution is -2.22. The molecule has 0 radical (unpaired) electrons. The van der Waals surface area contributed by atoms with Crippen molar-refractivity contribution in [2.75, 3.05) is 11.9 Å². The van der Waals surface area contributed by atoms with Crippen LogP contribution in [0.25, 0.3) is 15.9 Å². The molecule has 3 heterocycles. The van der Waals surface area contributed by atoms with E-state index in [-0.39, 0.29) is 6.04 Å². The average molecular weight is 350 g/mol. The van der Waals surface area contributed by atoms with Crippen molar-refractivity contribution in [2.24, 2.45) is 0 Å². The summed E-state index contributed by atoms with van der Waals surface area (Å²) in [5, 5.41) is 5.27. The highest BCUT2D eigenvalue weighted by atomic mass is 32.1. The average Bonchev–Trinajstić information content (AvgIpc) is 3.29. The van der Waals surface area contributed by atoms with Gasteiger partial charge in [-0.2, -0.15) is 5.10 Å². The third kappa shape index (κ3) is 2.87. The number of hydrogen-bond donors (Lipinski definition) is 0. The largest absolute Gasteiger partial charge is 0.352 e. The Hall–Kier alpha value is -2.80. The van der Waals surface area contributed by atoms with Crippen LogP contribution in [0.2, 0.25) is 0 Å². The Balaban J connectivity index is 1.64. The Labute approximate surface area is 149 Å². The number of benzene rings is 1. The lowest BCUT2D eigenvalue weighted by atomic mass is 10.1. The van der Waals surface area contributed by atoms with Crippen molar-refractivity contribution in [3.63, 3.8) is 0 Å². The minimum Gasteiger partial charge on any atom is -0.352 e. The van der Waals surface area contributed by atoms with Crippen LogP contribution in [0.4, 0.5) is 5.82 Å². The summed E-state index contributed by atoms with van der Waals surface area (Å²) in [6.07, 6.45) is 4.87. The highest BCUT2D eigenvalue weighted by molar-refractivity contribution is 7.18. The van der Waals surface area contributed by atoms with Crippen LogP contribution in [-0.4, -0.2) is 31.8 Å². The maximum Gasteiger partial charge on any atom is 0.141 e. The van der Waals surface area contributed by atoms with E-state index in [2.05, 4.69) is 76.2 Å². The van der Waals surface area contributed by atoms with Crippen molar-refractivity contribution in [1.82, 2.24) is 24.7 Å². The molecule has 0 saturated heterocycles. The highest BCUT2D eigenvalue weighted by Gasteiger charge is 2.17. The SMILES string of the molecule is Cc1cc2c(N(C)C(C)c3ccc(-n4cncn4)cc3)ncnc2s1. The molecule has 0 aliphatic carbocycles. The molecule has 0 aliphatic heterocycles. The van der Waals surface area contributed by atoms with Crippen molar-refractivity contribution in [3.05, 3.63) is 59.8 Å². The Bertz CT molecular complexity index is 990. The van der Waals surface area contributed by atoms with Gasteiger partial charge in [-0.1, -0.05) is 12.1 Å². The van der Waals surface area contributed by atoms with Gasteiger partial charge < -0.3 is 4.90 Å². The summed E-state index contributed by atoms with van der Waals surface area (Å²) in [5.41, 5.74) is 2.21. The summed E-state index contributed by atoms with van der Waals surface area (Å²) < 4.78 is 1.75. The molecule has 0 amide bonds. The van der Waals surface area contributed by atoms with Crippen LogP contribution >= 0.6 is 11.3 Å². The van der Waals surface area contributed by atoms with Gasteiger partial charge in [0.15, 0.2) is 0 Å². The van der Waals surface area contributed by atoms with Gasteiger partial charge in [0.05, 0.1) is 17.1 Å². The van der Waals surface area contributed by atoms with E-state index in [0.29, 0.717) is 0 Å². The van der Waals surface area contributed by atoms with Gasteiger partial charge in [-0.15, -0.1) is 11.3 Å². The minimum atomic E-state index is 0.183. The third-order valence-corrected chi connectivity index (χ3v) is 5.36. The van der Waals surface area contributed by atoms with Crippen LogP contribution in [0.1, 0.15) is 23.4 Å². The normalized spacial score (nSPS) is 12.4. The maximum absolute atomic E-state index is 4.52. The molecule has 1 aromatic carbocycles. The van der Waals surface area contributed by atoms with Crippen molar-refractivity contribution in [2.45, 2.75) is 19.9 Å². The van der Waals surface area contributed by atoms with E-state index >= 15 is 0 Å². The molecule has 1 unspecified atom stereocenters. The zero-order valence-electron chi connectivity index (χ0n) is 14.3. The molecule has 0 saturated carbocycles. The maximum atomic E-state index is 4.52. The van der Waals surface area contributed by atoms with E-state index in [1.54, 1.807) is 28.7 Å². The van der Waals surface area contributed by atoms with E-state index in [4.69, 9.17) is 0 Å². The molecule has 3 aromatic heterocycles. The molecule has 0 bridgehead atoms. The van der Waals surface area contributed by atoms with Crippen LogP contribution in [0, 0.1) is 6.92 Å². The van der Waals surface area contributed by atoms with Crippen molar-refractivity contribution < 1.29 is 0 Å². The number of aromatic nitrogens is 5. The third-order valence-electron chi connectivity index (χ3n) is 4.41. The van der Waals surface area contributed by atoms with Gasteiger partial charge in [0.2, 0.25) is 0 Å². The molecular formula is C18H18N6S. The van der Waals surface area contributed by atoms with Crippen LogP contribution in [0.15, 0.2) is 49.3 Å². The van der Waals surface area contributed by atoms with Gasteiger partial charge in [-0.3, -0.25) is 0 Å². The number of hydrogen-bond acceptors (Lipinski definition) is 6. The predicted molar refractivity (Wildman–Crippen MR) is 100 cm³/mol. The summed E-state index contributed by atoms with van der Waals surface area (Å²) in [7, 11) is 2.07. The lowest BCUT2D eigenvalue weighted by Gasteiger charge is -2.27. The Kier molecular flexibility index (Phi) is 3.93. The monoisotopic (exact) mass is 350 g/mol. The second-order valence-electron chi connectivity index (χ2n) is 5.99. The van der Waals surface area contributed by atoms with E-state index in [9.17, 15) is 0 Å². The van der Waals surface area contributed by atoms with Gasteiger partial charge in [0, 0.05) is 11.9 Å². The number of thiophene rings is 1. The Morgan fingerprint density at radius 2 is 1.92 bits per heavy atom. The fraction of sp³-hybridized carbons (Fsp3) is 0.222. The van der Waals surface area contributed by atoms with Crippen LogP contribution in [0.3, 0.4) is 0 Å². The molecule has 1 atom stereocenters. The molecule has 0 spiro atoms. The van der Waals surface area contributed by atoms with E-state index in [1.807, 2.05) is 0 Å². The highest BCUT2D eigenvalue weighted by Crippen LogP contribution is 2.33. The molecule has 4 aromatic rings. The van der Waals surface area contributed by atoms with Gasteiger partial charge in [0.1, 0.15) is 29.6 Å². The van der Waals surface area contributed by atoms with Crippen LogP contribution in [0.5, 0.6) is 0 Å². The van der Waals surface area contributed by atoms with Crippen LogP contribution in [-0.2, 0) is 0 Å². The second-order valence-corrected chi connectivity index (χ2v) is 7.23. The number of fused-ring (bicyclic) bond motifs is 1. The smallest absolute Gasteiger partial charge is 0.141 e. The summed E-state index contributed by atoms with van der Waals surface area (Å²) in [5.74, 6) is 0.960. The Morgan fingerprint density at radius 1 is 1.12 bits per heavy atom. The summed E-state index contributed by atoms with van der Waals surface area (Å²) in [6, 6.07) is 10.7. The van der Waals surface area contributed by atoms with Crippen molar-refractivity contribution in [3.8, 4) is 5.69 Å². The first-order valence-corrected chi connectivity index (χ1v) is 8.84. The number of aryl methyl sites for hydroxylation is 1. The first kappa shape index (κ1) is 15.7. The van der Waals surface area contributed by atoms with E-state index < -0.39 is 0 Å². The van der Waals surface area contributed by atoms with E-state index in [0.717, 1.165) is 21.7 Å². The molecule has 0 N–H and O–H groups in total. The fourth-order valence-corrected chi connectivity index (χ4v) is 3.74. The molecule has 126 valence electrons. The number of anilines is 1. The molecule has 6 nitrogen and oxygen atoms in total. The number of nitrogens with zero attached hydrogens (tertiary/aromatic N) is 6. The standard InChI is InChI=1S/C18H18N6S/c1-12-8-16-17(20-10-21-18(16)25-12)23(3)13(2)14-4-6-15(7-5-14)24-11-19-9-22-24/h4-11,13H,1-3H3. The zero-order valence-corrected chi connectivity index (χ0v) is 15.1. The second kappa shape index (κ2) is 6.25. The minimum absolute atomic E-state index is 0.183. The van der Waals surface area contributed by atoms with Crippen molar-refractivity contribution in [1.29, 1.82) is 0 Å². The van der Waals surface area contributed by atoms with Gasteiger partial charge in [-0.25, -0.2) is 19.6 Å².